The Labute approximate surface area is 105 Å². The Morgan fingerprint density at radius 1 is 1.62 bits per heavy atom. The highest BCUT2D eigenvalue weighted by atomic mass is 35.5. The largest absolute Gasteiger partial charge is 0.378 e. The quantitative estimate of drug-likeness (QED) is 0.767. The number of ether oxygens (including phenoxy) is 1. The molecule has 0 aliphatic heterocycles. The first kappa shape index (κ1) is 12.1. The van der Waals surface area contributed by atoms with E-state index in [2.05, 4.69) is 0 Å². The Hall–Kier alpha value is -0.380. The first-order valence-electron chi connectivity index (χ1n) is 5.41. The molecule has 0 aromatic carbocycles. The number of ketones is 1. The summed E-state index contributed by atoms with van der Waals surface area (Å²) in [7, 11) is 1.69. The standard InChI is InChI=1S/C12H15ClO2S/c1-8-6-10(16-11(8)13)9(14)7-12(15-2)4-3-5-12/h6H,3-5,7H2,1-2H3. The van der Waals surface area contributed by atoms with Crippen molar-refractivity contribution < 1.29 is 9.53 Å². The van der Waals surface area contributed by atoms with Crippen LogP contribution in [0.4, 0.5) is 0 Å². The molecular formula is C12H15ClO2S. The molecule has 0 radical (unpaired) electrons. The number of hydrogen-bond acceptors (Lipinski definition) is 3. The third-order valence-electron chi connectivity index (χ3n) is 3.31. The van der Waals surface area contributed by atoms with Crippen molar-refractivity contribution in [3.63, 3.8) is 0 Å². The Bertz CT molecular complexity index is 382. The van der Waals surface area contributed by atoms with Crippen molar-refractivity contribution in [2.45, 2.75) is 38.2 Å². The van der Waals surface area contributed by atoms with Crippen LogP contribution in [-0.4, -0.2) is 18.5 Å². The van der Waals surface area contributed by atoms with E-state index in [1.54, 1.807) is 7.11 Å². The topological polar surface area (TPSA) is 26.3 Å². The van der Waals surface area contributed by atoms with Crippen molar-refractivity contribution >= 4 is 28.7 Å². The van der Waals surface area contributed by atoms with Gasteiger partial charge in [-0.15, -0.1) is 11.3 Å². The van der Waals surface area contributed by atoms with E-state index in [9.17, 15) is 4.79 Å². The molecule has 1 aromatic heterocycles. The summed E-state index contributed by atoms with van der Waals surface area (Å²) in [5.41, 5.74) is 0.789. The summed E-state index contributed by atoms with van der Waals surface area (Å²) in [5.74, 6) is 0.154. The van der Waals surface area contributed by atoms with Gasteiger partial charge in [-0.2, -0.15) is 0 Å². The molecule has 1 fully saturated rings. The Morgan fingerprint density at radius 3 is 2.69 bits per heavy atom. The molecule has 1 saturated carbocycles. The van der Waals surface area contributed by atoms with E-state index in [0.29, 0.717) is 10.8 Å². The number of hydrogen-bond donors (Lipinski definition) is 0. The summed E-state index contributed by atoms with van der Waals surface area (Å²) in [6.45, 7) is 1.92. The zero-order valence-electron chi connectivity index (χ0n) is 9.51. The first-order chi connectivity index (χ1) is 7.56. The molecule has 2 rings (SSSR count). The fourth-order valence-corrected chi connectivity index (χ4v) is 3.14. The highest BCUT2D eigenvalue weighted by Crippen LogP contribution is 2.39. The first-order valence-corrected chi connectivity index (χ1v) is 6.60. The van der Waals surface area contributed by atoms with E-state index in [1.165, 1.54) is 11.3 Å². The zero-order chi connectivity index (χ0) is 11.8. The summed E-state index contributed by atoms with van der Waals surface area (Å²) in [6, 6.07) is 1.87. The molecule has 0 N–H and O–H groups in total. The molecule has 0 saturated heterocycles. The lowest BCUT2D eigenvalue weighted by Gasteiger charge is -2.39. The highest BCUT2D eigenvalue weighted by molar-refractivity contribution is 7.18. The van der Waals surface area contributed by atoms with Crippen molar-refractivity contribution in [3.8, 4) is 0 Å². The number of aryl methyl sites for hydroxylation is 1. The highest BCUT2D eigenvalue weighted by Gasteiger charge is 2.39. The van der Waals surface area contributed by atoms with Gasteiger partial charge >= 0.3 is 0 Å². The molecule has 2 nitrogen and oxygen atoms in total. The molecular weight excluding hydrogens is 244 g/mol. The molecule has 0 unspecified atom stereocenters. The number of thiophene rings is 1. The average molecular weight is 259 g/mol. The monoisotopic (exact) mass is 258 g/mol. The molecule has 1 aliphatic rings. The molecule has 88 valence electrons. The minimum absolute atomic E-state index is 0.154. The van der Waals surface area contributed by atoms with Crippen molar-refractivity contribution in [2.75, 3.05) is 7.11 Å². The van der Waals surface area contributed by atoms with Crippen LogP contribution in [0.1, 0.15) is 40.9 Å². The van der Waals surface area contributed by atoms with E-state index in [0.717, 1.165) is 29.7 Å². The van der Waals surface area contributed by atoms with Crippen molar-refractivity contribution in [1.82, 2.24) is 0 Å². The lowest BCUT2D eigenvalue weighted by Crippen LogP contribution is -2.41. The van der Waals surface area contributed by atoms with Gasteiger partial charge in [-0.1, -0.05) is 11.6 Å². The maximum atomic E-state index is 12.0. The second-order valence-electron chi connectivity index (χ2n) is 4.41. The van der Waals surface area contributed by atoms with E-state index >= 15 is 0 Å². The van der Waals surface area contributed by atoms with E-state index in [4.69, 9.17) is 16.3 Å². The summed E-state index contributed by atoms with van der Waals surface area (Å²) >= 11 is 7.33. The summed E-state index contributed by atoms with van der Waals surface area (Å²) < 4.78 is 6.17. The van der Waals surface area contributed by atoms with Crippen LogP contribution in [0.5, 0.6) is 0 Å². The fourth-order valence-electron chi connectivity index (χ4n) is 2.00. The number of rotatable bonds is 4. The minimum Gasteiger partial charge on any atom is -0.378 e. The van der Waals surface area contributed by atoms with Crippen molar-refractivity contribution in [2.24, 2.45) is 0 Å². The van der Waals surface area contributed by atoms with Gasteiger partial charge in [0.05, 0.1) is 14.8 Å². The van der Waals surface area contributed by atoms with Crippen LogP contribution in [0.25, 0.3) is 0 Å². The van der Waals surface area contributed by atoms with E-state index in [1.807, 2.05) is 13.0 Å². The van der Waals surface area contributed by atoms with Gasteiger partial charge in [0.1, 0.15) is 0 Å². The van der Waals surface area contributed by atoms with Crippen LogP contribution >= 0.6 is 22.9 Å². The fraction of sp³-hybridized carbons (Fsp3) is 0.583. The molecule has 1 heterocycles. The van der Waals surface area contributed by atoms with Crippen LogP contribution in [0.15, 0.2) is 6.07 Å². The number of halogens is 1. The van der Waals surface area contributed by atoms with Gasteiger partial charge in [0.25, 0.3) is 0 Å². The molecule has 0 spiro atoms. The Kier molecular flexibility index (Phi) is 3.38. The zero-order valence-corrected chi connectivity index (χ0v) is 11.1. The smallest absolute Gasteiger partial charge is 0.175 e. The van der Waals surface area contributed by atoms with Crippen LogP contribution < -0.4 is 0 Å². The molecule has 1 aliphatic carbocycles. The van der Waals surface area contributed by atoms with Crippen LogP contribution in [0, 0.1) is 6.92 Å². The van der Waals surface area contributed by atoms with Gasteiger partial charge in [0.15, 0.2) is 5.78 Å². The van der Waals surface area contributed by atoms with Gasteiger partial charge in [-0.3, -0.25) is 4.79 Å². The molecule has 0 atom stereocenters. The molecule has 4 heteroatoms. The average Bonchev–Trinajstić information content (AvgIpc) is 2.53. The van der Waals surface area contributed by atoms with Gasteiger partial charge in [-0.05, 0) is 37.8 Å². The third kappa shape index (κ3) is 2.17. The minimum atomic E-state index is -0.193. The SMILES string of the molecule is COC1(CC(=O)c2cc(C)c(Cl)s2)CCC1. The van der Waals surface area contributed by atoms with Crippen LogP contribution in [-0.2, 0) is 4.74 Å². The summed E-state index contributed by atoms with van der Waals surface area (Å²) in [6.07, 6.45) is 3.63. The predicted molar refractivity (Wildman–Crippen MR) is 66.6 cm³/mol. The number of Topliss-reactive ketones (excluding diaryl/α,β-unsaturated/α-hetero) is 1. The van der Waals surface area contributed by atoms with E-state index in [-0.39, 0.29) is 11.4 Å². The van der Waals surface area contributed by atoms with Gasteiger partial charge in [0.2, 0.25) is 0 Å². The maximum absolute atomic E-state index is 12.0. The normalized spacial score (nSPS) is 18.2. The number of methoxy groups -OCH3 is 1. The third-order valence-corrected chi connectivity index (χ3v) is 4.91. The molecule has 16 heavy (non-hydrogen) atoms. The second-order valence-corrected chi connectivity index (χ2v) is 6.06. The maximum Gasteiger partial charge on any atom is 0.175 e. The number of carbonyl (C=O) groups excluding carboxylic acids is 1. The predicted octanol–water partition coefficient (Wildman–Crippen LogP) is 3.85. The van der Waals surface area contributed by atoms with Crippen molar-refractivity contribution in [3.05, 3.63) is 20.8 Å². The Morgan fingerprint density at radius 2 is 2.31 bits per heavy atom. The summed E-state index contributed by atoms with van der Waals surface area (Å²) in [4.78, 5) is 12.8. The summed E-state index contributed by atoms with van der Waals surface area (Å²) in [5, 5.41) is 0. The Balaban J connectivity index is 2.08. The van der Waals surface area contributed by atoms with E-state index < -0.39 is 0 Å². The molecule has 0 bridgehead atoms. The van der Waals surface area contributed by atoms with Crippen LogP contribution in [0.3, 0.4) is 0 Å². The van der Waals surface area contributed by atoms with Gasteiger partial charge in [-0.25, -0.2) is 0 Å². The lowest BCUT2D eigenvalue weighted by molar-refractivity contribution is -0.0704. The second kappa shape index (κ2) is 4.47. The van der Waals surface area contributed by atoms with Gasteiger partial charge < -0.3 is 4.74 Å². The molecule has 1 aromatic rings. The van der Waals surface area contributed by atoms with Crippen molar-refractivity contribution in [1.29, 1.82) is 0 Å². The molecule has 0 amide bonds. The van der Waals surface area contributed by atoms with Crippen LogP contribution in [0.2, 0.25) is 4.34 Å². The lowest BCUT2D eigenvalue weighted by atomic mass is 9.76. The number of carbonyl (C=O) groups is 1. The van der Waals surface area contributed by atoms with Gasteiger partial charge in [0, 0.05) is 13.5 Å².